The number of amides is 1. The van der Waals surface area contributed by atoms with Crippen LogP contribution in [-0.4, -0.2) is 42.8 Å². The maximum absolute atomic E-state index is 11.2. The predicted molar refractivity (Wildman–Crippen MR) is 78.0 cm³/mol. The van der Waals surface area contributed by atoms with Crippen LogP contribution in [0, 0.1) is 0 Å². The average Bonchev–Trinajstić information content (AvgIpc) is 2.81. The summed E-state index contributed by atoms with van der Waals surface area (Å²) in [5.41, 5.74) is 1.07. The molecule has 0 atom stereocenters. The highest BCUT2D eigenvalue weighted by atomic mass is 35.5. The Morgan fingerprint density at radius 3 is 2.55 bits per heavy atom. The lowest BCUT2D eigenvalue weighted by Gasteiger charge is -2.37. The zero-order valence-electron chi connectivity index (χ0n) is 11.4. The van der Waals surface area contributed by atoms with Gasteiger partial charge in [-0.15, -0.1) is 0 Å². The first-order chi connectivity index (χ1) is 9.65. The fourth-order valence-corrected chi connectivity index (χ4v) is 3.03. The molecule has 2 fully saturated rings. The van der Waals surface area contributed by atoms with Gasteiger partial charge in [0.05, 0.1) is 6.54 Å². The van der Waals surface area contributed by atoms with Crippen molar-refractivity contribution in [1.29, 1.82) is 0 Å². The molecule has 2 heterocycles. The number of carbonyl (C=O) groups excluding carboxylic acids is 1. The minimum Gasteiger partial charge on any atom is -0.441 e. The number of benzene rings is 1. The summed E-state index contributed by atoms with van der Waals surface area (Å²) in [6, 6.07) is 8.03. The third kappa shape index (κ3) is 3.07. The summed E-state index contributed by atoms with van der Waals surface area (Å²) in [5, 5.41) is 3.55. The summed E-state index contributed by atoms with van der Waals surface area (Å²) in [6.07, 6.45) is 2.61. The molecule has 0 radical (unpaired) electrons. The van der Waals surface area contributed by atoms with Crippen LogP contribution in [0.4, 0.5) is 4.79 Å². The van der Waals surface area contributed by atoms with Crippen LogP contribution in [0.25, 0.3) is 0 Å². The van der Waals surface area contributed by atoms with Gasteiger partial charge in [0.1, 0.15) is 5.60 Å². The van der Waals surface area contributed by atoms with Crippen molar-refractivity contribution in [3.8, 4) is 0 Å². The van der Waals surface area contributed by atoms with Crippen LogP contribution in [0.3, 0.4) is 0 Å². The highest BCUT2D eigenvalue weighted by Gasteiger charge is 2.42. The van der Waals surface area contributed by atoms with Crippen molar-refractivity contribution >= 4 is 17.7 Å². The Kier molecular flexibility index (Phi) is 3.85. The number of likely N-dealkylation sites (tertiary alicyclic amines) is 1. The SMILES string of the molecule is O=C1NCC2(CCN(CCc3ccc(Cl)cc3)CC2)O1. The summed E-state index contributed by atoms with van der Waals surface area (Å²) < 4.78 is 5.42. The first-order valence-corrected chi connectivity index (χ1v) is 7.47. The number of nitrogens with zero attached hydrogens (tertiary/aromatic N) is 1. The smallest absolute Gasteiger partial charge is 0.407 e. The molecule has 3 rings (SSSR count). The maximum Gasteiger partial charge on any atom is 0.407 e. The number of alkyl carbamates (subject to hydrolysis) is 1. The molecule has 2 aliphatic rings. The van der Waals surface area contributed by atoms with Gasteiger partial charge in [-0.05, 0) is 24.1 Å². The summed E-state index contributed by atoms with van der Waals surface area (Å²) in [6.45, 7) is 3.68. The van der Waals surface area contributed by atoms with Crippen molar-refractivity contribution in [3.05, 3.63) is 34.9 Å². The Bertz CT molecular complexity index is 481. The van der Waals surface area contributed by atoms with Gasteiger partial charge in [-0.25, -0.2) is 4.79 Å². The fraction of sp³-hybridized carbons (Fsp3) is 0.533. The monoisotopic (exact) mass is 294 g/mol. The van der Waals surface area contributed by atoms with Gasteiger partial charge in [0, 0.05) is 37.5 Å². The molecule has 1 amide bonds. The van der Waals surface area contributed by atoms with E-state index in [1.165, 1.54) is 5.56 Å². The Morgan fingerprint density at radius 1 is 1.25 bits per heavy atom. The number of rotatable bonds is 3. The van der Waals surface area contributed by atoms with E-state index >= 15 is 0 Å². The van der Waals surface area contributed by atoms with Crippen LogP contribution in [0.15, 0.2) is 24.3 Å². The first-order valence-electron chi connectivity index (χ1n) is 7.09. The van der Waals surface area contributed by atoms with Crippen molar-refractivity contribution < 1.29 is 9.53 Å². The molecule has 1 aromatic rings. The zero-order valence-corrected chi connectivity index (χ0v) is 12.2. The molecular weight excluding hydrogens is 276 g/mol. The third-order valence-electron chi connectivity index (χ3n) is 4.26. The van der Waals surface area contributed by atoms with Gasteiger partial charge >= 0.3 is 6.09 Å². The van der Waals surface area contributed by atoms with E-state index in [9.17, 15) is 4.79 Å². The standard InChI is InChI=1S/C15H19ClN2O2/c16-13-3-1-12(2-4-13)5-8-18-9-6-15(7-10-18)11-17-14(19)20-15/h1-4H,5-11H2,(H,17,19). The van der Waals surface area contributed by atoms with Gasteiger partial charge in [0.15, 0.2) is 0 Å². The molecule has 108 valence electrons. The first kappa shape index (κ1) is 13.7. The predicted octanol–water partition coefficient (Wildman–Crippen LogP) is 2.46. The molecule has 20 heavy (non-hydrogen) atoms. The molecule has 2 saturated heterocycles. The second-order valence-electron chi connectivity index (χ2n) is 5.64. The topological polar surface area (TPSA) is 41.6 Å². The van der Waals surface area contributed by atoms with E-state index < -0.39 is 0 Å². The molecule has 0 aliphatic carbocycles. The van der Waals surface area contributed by atoms with Gasteiger partial charge in [-0.1, -0.05) is 23.7 Å². The van der Waals surface area contributed by atoms with Gasteiger partial charge in [0.25, 0.3) is 0 Å². The number of halogens is 1. The number of nitrogens with one attached hydrogen (secondary N) is 1. The summed E-state index contributed by atoms with van der Waals surface area (Å²) in [4.78, 5) is 13.6. The van der Waals surface area contributed by atoms with Crippen molar-refractivity contribution in [2.24, 2.45) is 0 Å². The van der Waals surface area contributed by atoms with E-state index in [-0.39, 0.29) is 11.7 Å². The molecule has 4 nitrogen and oxygen atoms in total. The second-order valence-corrected chi connectivity index (χ2v) is 6.08. The Hall–Kier alpha value is -1.26. The molecule has 0 bridgehead atoms. The van der Waals surface area contributed by atoms with Crippen LogP contribution in [0.2, 0.25) is 5.02 Å². The number of hydrogen-bond donors (Lipinski definition) is 1. The number of hydrogen-bond acceptors (Lipinski definition) is 3. The van der Waals surface area contributed by atoms with E-state index in [1.54, 1.807) is 0 Å². The molecule has 0 unspecified atom stereocenters. The van der Waals surface area contributed by atoms with Gasteiger partial charge < -0.3 is 15.0 Å². The van der Waals surface area contributed by atoms with Crippen molar-refractivity contribution in [1.82, 2.24) is 10.2 Å². The molecule has 1 N–H and O–H groups in total. The minimum atomic E-state index is -0.264. The molecule has 1 spiro atoms. The average molecular weight is 295 g/mol. The minimum absolute atomic E-state index is 0.242. The highest BCUT2D eigenvalue weighted by molar-refractivity contribution is 6.30. The lowest BCUT2D eigenvalue weighted by Crippen LogP contribution is -2.47. The fourth-order valence-electron chi connectivity index (χ4n) is 2.90. The van der Waals surface area contributed by atoms with Crippen molar-refractivity contribution in [2.45, 2.75) is 24.9 Å². The number of carbonyl (C=O) groups is 1. The van der Waals surface area contributed by atoms with E-state index in [0.29, 0.717) is 6.54 Å². The van der Waals surface area contributed by atoms with Crippen LogP contribution >= 0.6 is 11.6 Å². The zero-order chi connectivity index (χ0) is 14.0. The summed E-state index contributed by atoms with van der Waals surface area (Å²) in [5.74, 6) is 0. The summed E-state index contributed by atoms with van der Waals surface area (Å²) >= 11 is 5.88. The van der Waals surface area contributed by atoms with Crippen LogP contribution in [0.1, 0.15) is 18.4 Å². The third-order valence-corrected chi connectivity index (χ3v) is 4.51. The van der Waals surface area contributed by atoms with E-state index in [0.717, 1.165) is 43.9 Å². The molecule has 0 saturated carbocycles. The lowest BCUT2D eigenvalue weighted by atomic mass is 9.91. The Morgan fingerprint density at radius 2 is 1.95 bits per heavy atom. The molecule has 1 aromatic carbocycles. The van der Waals surface area contributed by atoms with E-state index in [1.807, 2.05) is 12.1 Å². The molecule has 2 aliphatic heterocycles. The van der Waals surface area contributed by atoms with E-state index in [2.05, 4.69) is 22.3 Å². The van der Waals surface area contributed by atoms with Crippen molar-refractivity contribution in [2.75, 3.05) is 26.2 Å². The Balaban J connectivity index is 1.47. The maximum atomic E-state index is 11.2. The van der Waals surface area contributed by atoms with Gasteiger partial charge in [0.2, 0.25) is 0 Å². The quantitative estimate of drug-likeness (QED) is 0.931. The Labute approximate surface area is 124 Å². The summed E-state index contributed by atoms with van der Waals surface area (Å²) in [7, 11) is 0. The lowest BCUT2D eigenvalue weighted by molar-refractivity contribution is 0.00123. The van der Waals surface area contributed by atoms with Crippen molar-refractivity contribution in [3.63, 3.8) is 0 Å². The van der Waals surface area contributed by atoms with Gasteiger partial charge in [-0.3, -0.25) is 0 Å². The normalized spacial score (nSPS) is 21.8. The molecular formula is C15H19ClN2O2. The molecule has 5 heteroatoms. The highest BCUT2D eigenvalue weighted by Crippen LogP contribution is 2.29. The molecule has 0 aromatic heterocycles. The number of ether oxygens (including phenoxy) is 1. The van der Waals surface area contributed by atoms with Crippen LogP contribution in [-0.2, 0) is 11.2 Å². The second kappa shape index (κ2) is 5.62. The number of piperidine rings is 1. The van der Waals surface area contributed by atoms with Crippen LogP contribution in [0.5, 0.6) is 0 Å². The van der Waals surface area contributed by atoms with E-state index in [4.69, 9.17) is 16.3 Å². The van der Waals surface area contributed by atoms with Crippen LogP contribution < -0.4 is 5.32 Å². The van der Waals surface area contributed by atoms with Gasteiger partial charge in [-0.2, -0.15) is 0 Å². The largest absolute Gasteiger partial charge is 0.441 e.